The van der Waals surface area contributed by atoms with Crippen molar-refractivity contribution in [2.75, 3.05) is 18.1 Å². The molecule has 1 atom stereocenters. The van der Waals surface area contributed by atoms with Gasteiger partial charge < -0.3 is 15.3 Å². The second-order valence-corrected chi connectivity index (χ2v) is 8.30. The highest BCUT2D eigenvalue weighted by Gasteiger charge is 2.25. The fourth-order valence-corrected chi connectivity index (χ4v) is 4.07. The predicted octanol–water partition coefficient (Wildman–Crippen LogP) is 4.26. The summed E-state index contributed by atoms with van der Waals surface area (Å²) in [6.45, 7) is 5.45. The summed E-state index contributed by atoms with van der Waals surface area (Å²) >= 11 is 0. The predicted molar refractivity (Wildman–Crippen MR) is 124 cm³/mol. The topological polar surface area (TPSA) is 65.5 Å². The van der Waals surface area contributed by atoms with Crippen molar-refractivity contribution in [1.82, 2.24) is 10.3 Å². The van der Waals surface area contributed by atoms with Gasteiger partial charge in [-0.2, -0.15) is 0 Å². The van der Waals surface area contributed by atoms with Crippen LogP contribution in [0.2, 0.25) is 0 Å². The number of pyridine rings is 1. The fraction of sp³-hybridized carbons (Fsp3) is 0.308. The fourth-order valence-electron chi connectivity index (χ4n) is 4.07. The first-order chi connectivity index (χ1) is 15.0. The number of carbonyl (C=O) groups is 1. The zero-order valence-electron chi connectivity index (χ0n) is 18.1. The van der Waals surface area contributed by atoms with E-state index in [9.17, 15) is 9.90 Å². The van der Waals surface area contributed by atoms with Crippen LogP contribution in [-0.2, 0) is 6.54 Å². The highest BCUT2D eigenvalue weighted by molar-refractivity contribution is 5.97. The lowest BCUT2D eigenvalue weighted by Gasteiger charge is -2.26. The highest BCUT2D eigenvalue weighted by Crippen LogP contribution is 2.31. The van der Waals surface area contributed by atoms with Crippen LogP contribution in [0.1, 0.15) is 40.0 Å². The van der Waals surface area contributed by atoms with E-state index in [4.69, 9.17) is 0 Å². The van der Waals surface area contributed by atoms with Crippen LogP contribution in [0, 0.1) is 13.8 Å². The number of aryl methyl sites for hydroxylation is 2. The van der Waals surface area contributed by atoms with Gasteiger partial charge in [0.25, 0.3) is 5.91 Å². The number of aromatic nitrogens is 1. The summed E-state index contributed by atoms with van der Waals surface area (Å²) in [4.78, 5) is 19.6. The maximum Gasteiger partial charge on any atom is 0.251 e. The molecule has 4 rings (SSSR count). The van der Waals surface area contributed by atoms with E-state index < -0.39 is 0 Å². The van der Waals surface area contributed by atoms with E-state index in [2.05, 4.69) is 52.5 Å². The first-order valence-electron chi connectivity index (χ1n) is 10.8. The summed E-state index contributed by atoms with van der Waals surface area (Å²) in [5.41, 5.74) is 6.80. The molecule has 5 heteroatoms. The third-order valence-electron chi connectivity index (χ3n) is 5.91. The van der Waals surface area contributed by atoms with Gasteiger partial charge in [0.05, 0.1) is 12.6 Å². The van der Waals surface area contributed by atoms with E-state index in [1.165, 1.54) is 5.56 Å². The number of anilines is 1. The molecule has 5 nitrogen and oxygen atoms in total. The van der Waals surface area contributed by atoms with Crippen LogP contribution in [0.15, 0.2) is 60.8 Å². The van der Waals surface area contributed by atoms with Gasteiger partial charge in [0, 0.05) is 36.2 Å². The van der Waals surface area contributed by atoms with Gasteiger partial charge >= 0.3 is 0 Å². The number of aliphatic hydroxyl groups is 1. The van der Waals surface area contributed by atoms with Gasteiger partial charge in [-0.15, -0.1) is 0 Å². The van der Waals surface area contributed by atoms with E-state index in [0.717, 1.165) is 47.5 Å². The van der Waals surface area contributed by atoms with Gasteiger partial charge in [0.15, 0.2) is 0 Å². The van der Waals surface area contributed by atoms with Gasteiger partial charge in [-0.05, 0) is 67.6 Å². The van der Waals surface area contributed by atoms with E-state index in [1.807, 2.05) is 31.2 Å². The summed E-state index contributed by atoms with van der Waals surface area (Å²) in [5.74, 6) is -0.115. The highest BCUT2D eigenvalue weighted by atomic mass is 16.3. The summed E-state index contributed by atoms with van der Waals surface area (Å²) < 4.78 is 0. The van der Waals surface area contributed by atoms with Crippen LogP contribution in [0.25, 0.3) is 11.1 Å². The van der Waals surface area contributed by atoms with E-state index in [-0.39, 0.29) is 18.6 Å². The molecule has 0 spiro atoms. The third-order valence-corrected chi connectivity index (χ3v) is 5.91. The summed E-state index contributed by atoms with van der Waals surface area (Å²) in [5, 5.41) is 12.8. The maximum absolute atomic E-state index is 13.0. The minimum atomic E-state index is -0.115. The molecule has 0 aliphatic carbocycles. The minimum Gasteiger partial charge on any atom is -0.394 e. The number of benzene rings is 2. The number of aliphatic hydroxyl groups excluding tert-OH is 1. The number of hydrogen-bond acceptors (Lipinski definition) is 4. The van der Waals surface area contributed by atoms with Crippen molar-refractivity contribution in [2.24, 2.45) is 0 Å². The van der Waals surface area contributed by atoms with Crippen LogP contribution in [0.3, 0.4) is 0 Å². The molecule has 0 radical (unpaired) electrons. The Bertz CT molecular complexity index is 1050. The molecule has 3 aromatic rings. The van der Waals surface area contributed by atoms with Crippen LogP contribution < -0.4 is 10.2 Å². The normalized spacial score (nSPS) is 15.8. The van der Waals surface area contributed by atoms with Crippen molar-refractivity contribution in [1.29, 1.82) is 0 Å². The molecular weight excluding hydrogens is 386 g/mol. The van der Waals surface area contributed by atoms with Crippen LogP contribution >= 0.6 is 0 Å². The van der Waals surface area contributed by atoms with Gasteiger partial charge in [0.1, 0.15) is 0 Å². The average molecular weight is 416 g/mol. The Morgan fingerprint density at radius 3 is 2.61 bits per heavy atom. The SMILES string of the molecule is Cc1ccc(-c2cc(C(=O)NCc3ccc(C)nc3)cc(N3CCCC3CO)c2)cc1. The van der Waals surface area contributed by atoms with E-state index in [0.29, 0.717) is 12.1 Å². The lowest BCUT2D eigenvalue weighted by atomic mass is 10.00. The second-order valence-electron chi connectivity index (χ2n) is 8.30. The Labute approximate surface area is 183 Å². The Balaban J connectivity index is 1.64. The number of nitrogens with zero attached hydrogens (tertiary/aromatic N) is 2. The molecule has 1 aliphatic heterocycles. The molecular formula is C26H29N3O2. The van der Waals surface area contributed by atoms with Crippen LogP contribution in [-0.4, -0.2) is 35.2 Å². The Hall–Kier alpha value is -3.18. The standard InChI is InChI=1S/C26H29N3O2/c1-18-5-9-21(10-6-18)22-12-23(14-25(13-22)29-11-3-4-24(29)17-30)26(31)28-16-20-8-7-19(2)27-15-20/h5-10,12-15,24,30H,3-4,11,16-17H2,1-2H3,(H,28,31). The Kier molecular flexibility index (Phi) is 6.33. The molecule has 160 valence electrons. The lowest BCUT2D eigenvalue weighted by molar-refractivity contribution is 0.0951. The van der Waals surface area contributed by atoms with Crippen molar-refractivity contribution in [3.8, 4) is 11.1 Å². The van der Waals surface area contributed by atoms with Gasteiger partial charge in [-0.25, -0.2) is 0 Å². The first kappa shape index (κ1) is 21.1. The largest absolute Gasteiger partial charge is 0.394 e. The zero-order chi connectivity index (χ0) is 21.8. The maximum atomic E-state index is 13.0. The molecule has 0 saturated carbocycles. The smallest absolute Gasteiger partial charge is 0.251 e. The van der Waals surface area contributed by atoms with Crippen molar-refractivity contribution in [3.05, 3.63) is 83.2 Å². The van der Waals surface area contributed by atoms with Crippen molar-refractivity contribution < 1.29 is 9.90 Å². The monoisotopic (exact) mass is 415 g/mol. The third kappa shape index (κ3) is 4.94. The number of hydrogen-bond donors (Lipinski definition) is 2. The second kappa shape index (κ2) is 9.31. The van der Waals surface area contributed by atoms with E-state index >= 15 is 0 Å². The van der Waals surface area contributed by atoms with Gasteiger partial charge in [-0.1, -0.05) is 35.9 Å². The van der Waals surface area contributed by atoms with Crippen LogP contribution in [0.4, 0.5) is 5.69 Å². The molecule has 0 bridgehead atoms. The first-order valence-corrected chi connectivity index (χ1v) is 10.8. The summed E-state index contributed by atoms with van der Waals surface area (Å²) in [6.07, 6.45) is 3.80. The van der Waals surface area contributed by atoms with Gasteiger partial charge in [0.2, 0.25) is 0 Å². The Morgan fingerprint density at radius 1 is 1.10 bits per heavy atom. The molecule has 2 aromatic carbocycles. The molecule has 2 N–H and O–H groups in total. The molecule has 1 unspecified atom stereocenters. The van der Waals surface area contributed by atoms with Crippen molar-refractivity contribution in [2.45, 2.75) is 39.3 Å². The summed E-state index contributed by atoms with van der Waals surface area (Å²) in [6, 6.07) is 18.4. The van der Waals surface area contributed by atoms with E-state index in [1.54, 1.807) is 6.20 Å². The minimum absolute atomic E-state index is 0.0998. The molecule has 31 heavy (non-hydrogen) atoms. The van der Waals surface area contributed by atoms with Crippen LogP contribution in [0.5, 0.6) is 0 Å². The van der Waals surface area contributed by atoms with Crippen molar-refractivity contribution in [3.63, 3.8) is 0 Å². The Morgan fingerprint density at radius 2 is 1.90 bits per heavy atom. The quantitative estimate of drug-likeness (QED) is 0.631. The molecule has 2 heterocycles. The molecule has 1 fully saturated rings. The summed E-state index contributed by atoms with van der Waals surface area (Å²) in [7, 11) is 0. The zero-order valence-corrected chi connectivity index (χ0v) is 18.1. The molecule has 1 saturated heterocycles. The molecule has 1 aromatic heterocycles. The molecule has 1 aliphatic rings. The molecule has 1 amide bonds. The number of rotatable bonds is 6. The average Bonchev–Trinajstić information content (AvgIpc) is 3.28. The number of amides is 1. The van der Waals surface area contributed by atoms with Gasteiger partial charge in [-0.3, -0.25) is 9.78 Å². The lowest BCUT2D eigenvalue weighted by Crippen LogP contribution is -2.32. The number of carbonyl (C=O) groups excluding carboxylic acids is 1. The van der Waals surface area contributed by atoms with Crippen molar-refractivity contribution >= 4 is 11.6 Å². The number of nitrogens with one attached hydrogen (secondary N) is 1.